The van der Waals surface area contributed by atoms with Gasteiger partial charge in [-0.15, -0.1) is 0 Å². The van der Waals surface area contributed by atoms with E-state index in [1.807, 2.05) is 0 Å². The lowest BCUT2D eigenvalue weighted by Gasteiger charge is -2.38. The third-order valence-electron chi connectivity index (χ3n) is 2.61. The van der Waals surface area contributed by atoms with Crippen LogP contribution < -0.4 is 5.73 Å². The van der Waals surface area contributed by atoms with E-state index in [2.05, 4.69) is 39.8 Å². The average Bonchev–Trinajstić information content (AvgIpc) is 1.99. The Hall–Kier alpha value is -0.0800. The van der Waals surface area contributed by atoms with Crippen LogP contribution in [0.4, 0.5) is 0 Å². The van der Waals surface area contributed by atoms with Gasteiger partial charge in [-0.1, -0.05) is 27.2 Å². The normalized spacial score (nSPS) is 15.2. The zero-order chi connectivity index (χ0) is 9.78. The van der Waals surface area contributed by atoms with E-state index in [9.17, 15) is 0 Å². The summed E-state index contributed by atoms with van der Waals surface area (Å²) in [5.41, 5.74) is 5.98. The van der Waals surface area contributed by atoms with Crippen LogP contribution in [0.2, 0.25) is 0 Å². The molecule has 0 aromatic carbocycles. The maximum atomic E-state index is 5.75. The molecule has 0 radical (unpaired) electrons. The molecular weight excluding hydrogens is 148 g/mol. The van der Waals surface area contributed by atoms with Gasteiger partial charge in [-0.3, -0.25) is 0 Å². The van der Waals surface area contributed by atoms with E-state index in [4.69, 9.17) is 5.73 Å². The molecule has 0 aromatic heterocycles. The molecule has 0 bridgehead atoms. The number of hydrogen-bond acceptors (Lipinski definition) is 2. The SMILES string of the molecule is CCCC(N(C)C)C(C)(C)CN. The Kier molecular flexibility index (Phi) is 4.80. The highest BCUT2D eigenvalue weighted by Crippen LogP contribution is 2.25. The second-order valence-corrected chi connectivity index (χ2v) is 4.46. The lowest BCUT2D eigenvalue weighted by Crippen LogP contribution is -2.45. The van der Waals surface area contributed by atoms with Gasteiger partial charge < -0.3 is 10.6 Å². The van der Waals surface area contributed by atoms with E-state index < -0.39 is 0 Å². The first-order valence-electron chi connectivity index (χ1n) is 4.82. The van der Waals surface area contributed by atoms with E-state index >= 15 is 0 Å². The van der Waals surface area contributed by atoms with Crippen molar-refractivity contribution in [2.24, 2.45) is 11.1 Å². The fourth-order valence-electron chi connectivity index (χ4n) is 1.76. The summed E-state index contributed by atoms with van der Waals surface area (Å²) in [4.78, 5) is 2.29. The first-order chi connectivity index (χ1) is 5.45. The highest BCUT2D eigenvalue weighted by molar-refractivity contribution is 4.84. The number of hydrogen-bond donors (Lipinski definition) is 1. The average molecular weight is 172 g/mol. The van der Waals surface area contributed by atoms with Gasteiger partial charge in [-0.2, -0.15) is 0 Å². The Morgan fingerprint density at radius 3 is 2.08 bits per heavy atom. The van der Waals surface area contributed by atoms with Crippen LogP contribution in [0.3, 0.4) is 0 Å². The van der Waals surface area contributed by atoms with Gasteiger partial charge in [0.25, 0.3) is 0 Å². The van der Waals surface area contributed by atoms with Gasteiger partial charge in [-0.25, -0.2) is 0 Å². The Balaban J connectivity index is 4.27. The molecule has 74 valence electrons. The van der Waals surface area contributed by atoms with Crippen molar-refractivity contribution in [1.82, 2.24) is 4.90 Å². The van der Waals surface area contributed by atoms with Gasteiger partial charge in [-0.05, 0) is 32.5 Å². The fraction of sp³-hybridized carbons (Fsp3) is 1.00. The van der Waals surface area contributed by atoms with Crippen molar-refractivity contribution in [3.63, 3.8) is 0 Å². The molecule has 12 heavy (non-hydrogen) atoms. The van der Waals surface area contributed by atoms with Crippen molar-refractivity contribution < 1.29 is 0 Å². The van der Waals surface area contributed by atoms with Crippen LogP contribution in [-0.2, 0) is 0 Å². The summed E-state index contributed by atoms with van der Waals surface area (Å²) in [5, 5.41) is 0. The largest absolute Gasteiger partial charge is 0.330 e. The molecule has 0 aliphatic carbocycles. The van der Waals surface area contributed by atoms with E-state index in [1.165, 1.54) is 12.8 Å². The predicted molar refractivity (Wildman–Crippen MR) is 55.2 cm³/mol. The number of nitrogens with two attached hydrogens (primary N) is 1. The van der Waals surface area contributed by atoms with Crippen molar-refractivity contribution in [2.75, 3.05) is 20.6 Å². The minimum Gasteiger partial charge on any atom is -0.330 e. The summed E-state index contributed by atoms with van der Waals surface area (Å²) in [5.74, 6) is 0. The zero-order valence-corrected chi connectivity index (χ0v) is 9.22. The van der Waals surface area contributed by atoms with Gasteiger partial charge in [0.2, 0.25) is 0 Å². The van der Waals surface area contributed by atoms with E-state index in [-0.39, 0.29) is 5.41 Å². The molecule has 0 aliphatic heterocycles. The van der Waals surface area contributed by atoms with Gasteiger partial charge >= 0.3 is 0 Å². The molecule has 0 rings (SSSR count). The summed E-state index contributed by atoms with van der Waals surface area (Å²) in [6.07, 6.45) is 2.46. The van der Waals surface area contributed by atoms with E-state index in [1.54, 1.807) is 0 Å². The van der Waals surface area contributed by atoms with Crippen molar-refractivity contribution in [1.29, 1.82) is 0 Å². The molecule has 2 nitrogen and oxygen atoms in total. The molecule has 0 aliphatic rings. The fourth-order valence-corrected chi connectivity index (χ4v) is 1.76. The van der Waals surface area contributed by atoms with Gasteiger partial charge in [0, 0.05) is 6.04 Å². The van der Waals surface area contributed by atoms with Crippen molar-refractivity contribution in [3.8, 4) is 0 Å². The van der Waals surface area contributed by atoms with Crippen LogP contribution in [0.5, 0.6) is 0 Å². The Bertz CT molecular complexity index is 119. The van der Waals surface area contributed by atoms with Crippen LogP contribution >= 0.6 is 0 Å². The zero-order valence-electron chi connectivity index (χ0n) is 9.22. The number of rotatable bonds is 5. The Morgan fingerprint density at radius 1 is 1.33 bits per heavy atom. The lowest BCUT2D eigenvalue weighted by atomic mass is 9.81. The molecule has 0 heterocycles. The molecular formula is C10H24N2. The van der Waals surface area contributed by atoms with Crippen LogP contribution in [0.1, 0.15) is 33.6 Å². The van der Waals surface area contributed by atoms with Crippen LogP contribution in [0, 0.1) is 5.41 Å². The maximum Gasteiger partial charge on any atom is 0.0152 e. The predicted octanol–water partition coefficient (Wildman–Crippen LogP) is 1.70. The summed E-state index contributed by atoms with van der Waals surface area (Å²) in [6, 6.07) is 0.604. The molecule has 0 saturated heterocycles. The quantitative estimate of drug-likeness (QED) is 0.684. The molecule has 0 aromatic rings. The van der Waals surface area contributed by atoms with Crippen molar-refractivity contribution >= 4 is 0 Å². The maximum absolute atomic E-state index is 5.75. The van der Waals surface area contributed by atoms with Crippen molar-refractivity contribution in [2.45, 2.75) is 39.7 Å². The molecule has 2 N–H and O–H groups in total. The van der Waals surface area contributed by atoms with Gasteiger partial charge in [0.05, 0.1) is 0 Å². The Labute approximate surface area is 77.1 Å². The minimum atomic E-state index is 0.236. The summed E-state index contributed by atoms with van der Waals surface area (Å²) in [7, 11) is 4.27. The van der Waals surface area contributed by atoms with E-state index in [0.717, 1.165) is 6.54 Å². The smallest absolute Gasteiger partial charge is 0.0152 e. The standard InChI is InChI=1S/C10H24N2/c1-6-7-9(12(4)5)10(2,3)8-11/h9H,6-8,11H2,1-5H3. The van der Waals surface area contributed by atoms with Crippen LogP contribution in [0.15, 0.2) is 0 Å². The van der Waals surface area contributed by atoms with E-state index in [0.29, 0.717) is 6.04 Å². The van der Waals surface area contributed by atoms with Crippen molar-refractivity contribution in [3.05, 3.63) is 0 Å². The molecule has 0 spiro atoms. The summed E-state index contributed by atoms with van der Waals surface area (Å²) >= 11 is 0. The van der Waals surface area contributed by atoms with Gasteiger partial charge in [0.1, 0.15) is 0 Å². The summed E-state index contributed by atoms with van der Waals surface area (Å²) < 4.78 is 0. The third-order valence-corrected chi connectivity index (χ3v) is 2.61. The molecule has 2 heteroatoms. The monoisotopic (exact) mass is 172 g/mol. The third kappa shape index (κ3) is 3.11. The highest BCUT2D eigenvalue weighted by atomic mass is 15.1. The second-order valence-electron chi connectivity index (χ2n) is 4.46. The first kappa shape index (κ1) is 11.9. The molecule has 0 amide bonds. The lowest BCUT2D eigenvalue weighted by molar-refractivity contribution is 0.132. The van der Waals surface area contributed by atoms with Gasteiger partial charge in [0.15, 0.2) is 0 Å². The molecule has 0 saturated carbocycles. The highest BCUT2D eigenvalue weighted by Gasteiger charge is 2.28. The summed E-state index contributed by atoms with van der Waals surface area (Å²) in [6.45, 7) is 7.47. The Morgan fingerprint density at radius 2 is 1.83 bits per heavy atom. The molecule has 1 unspecified atom stereocenters. The number of nitrogens with zero attached hydrogens (tertiary/aromatic N) is 1. The minimum absolute atomic E-state index is 0.236. The molecule has 1 atom stereocenters. The van der Waals surface area contributed by atoms with Crippen LogP contribution in [-0.4, -0.2) is 31.6 Å². The molecule has 0 fully saturated rings. The second kappa shape index (κ2) is 4.83. The first-order valence-corrected chi connectivity index (χ1v) is 4.82. The topological polar surface area (TPSA) is 29.3 Å². The van der Waals surface area contributed by atoms with Crippen LogP contribution in [0.25, 0.3) is 0 Å².